The number of hydrogen-bond acceptors (Lipinski definition) is 3. The summed E-state index contributed by atoms with van der Waals surface area (Å²) in [6.07, 6.45) is 5.40. The minimum atomic E-state index is -0.523. The molecule has 1 aliphatic carbocycles. The maximum atomic E-state index is 12.5. The summed E-state index contributed by atoms with van der Waals surface area (Å²) in [5.41, 5.74) is 0.572. The third-order valence-electron chi connectivity index (χ3n) is 4.52. The molecule has 20 heavy (non-hydrogen) atoms. The lowest BCUT2D eigenvalue weighted by Gasteiger charge is -2.57. The number of rotatable bonds is 3. The van der Waals surface area contributed by atoms with E-state index in [4.69, 9.17) is 0 Å². The molecular formula is C16H19NO2S. The first kappa shape index (κ1) is 13.7. The Balaban J connectivity index is 1.89. The van der Waals surface area contributed by atoms with Gasteiger partial charge in [-0.2, -0.15) is 0 Å². The fourth-order valence-corrected chi connectivity index (χ4v) is 4.59. The van der Waals surface area contributed by atoms with Gasteiger partial charge in [0.1, 0.15) is 10.8 Å². The van der Waals surface area contributed by atoms with Gasteiger partial charge in [-0.1, -0.05) is 36.8 Å². The summed E-state index contributed by atoms with van der Waals surface area (Å²) < 4.78 is 0. The zero-order chi connectivity index (χ0) is 14.2. The molecule has 1 heterocycles. The number of thioether (sulfide) groups is 1. The van der Waals surface area contributed by atoms with Crippen LogP contribution in [0.15, 0.2) is 30.3 Å². The van der Waals surface area contributed by atoms with E-state index >= 15 is 0 Å². The quantitative estimate of drug-likeness (QED) is 0.803. The van der Waals surface area contributed by atoms with Crippen LogP contribution in [0.1, 0.15) is 31.2 Å². The lowest BCUT2D eigenvalue weighted by molar-refractivity contribution is -0.167. The number of amides is 1. The second-order valence-corrected chi connectivity index (χ2v) is 6.52. The lowest BCUT2D eigenvalue weighted by atomic mass is 9.70. The van der Waals surface area contributed by atoms with Crippen molar-refractivity contribution in [1.29, 1.82) is 0 Å². The Morgan fingerprint density at radius 3 is 2.65 bits per heavy atom. The van der Waals surface area contributed by atoms with Crippen LogP contribution in [0.2, 0.25) is 0 Å². The molecule has 1 aliphatic heterocycles. The van der Waals surface area contributed by atoms with Crippen molar-refractivity contribution in [2.75, 3.05) is 6.26 Å². The number of carbonyl (C=O) groups excluding carboxylic acids is 2. The standard InChI is InChI=1S/C16H19NO2S/c1-20-14-15(19)17(11-12-7-3-2-4-8-12)16(14)10-6-5-9-13(16)18/h2-4,7-8,14H,5-6,9-11H2,1H3/t14-,16-/m0/s1. The molecule has 106 valence electrons. The molecule has 2 atom stereocenters. The van der Waals surface area contributed by atoms with Gasteiger partial charge in [0.05, 0.1) is 0 Å². The van der Waals surface area contributed by atoms with Crippen molar-refractivity contribution in [2.24, 2.45) is 0 Å². The molecule has 3 nitrogen and oxygen atoms in total. The zero-order valence-electron chi connectivity index (χ0n) is 11.7. The highest BCUT2D eigenvalue weighted by atomic mass is 32.2. The Morgan fingerprint density at radius 2 is 2.00 bits per heavy atom. The summed E-state index contributed by atoms with van der Waals surface area (Å²) in [4.78, 5) is 26.7. The first-order valence-corrected chi connectivity index (χ1v) is 8.40. The summed E-state index contributed by atoms with van der Waals surface area (Å²) in [5.74, 6) is 0.384. The van der Waals surface area contributed by atoms with Crippen LogP contribution in [-0.4, -0.2) is 33.6 Å². The molecule has 1 spiro atoms. The predicted molar refractivity (Wildman–Crippen MR) is 80.5 cm³/mol. The molecule has 0 bridgehead atoms. The third kappa shape index (κ3) is 1.89. The van der Waals surface area contributed by atoms with E-state index in [9.17, 15) is 9.59 Å². The van der Waals surface area contributed by atoms with E-state index in [2.05, 4.69) is 0 Å². The Hall–Kier alpha value is -1.29. The smallest absolute Gasteiger partial charge is 0.239 e. The van der Waals surface area contributed by atoms with Gasteiger partial charge in [-0.3, -0.25) is 9.59 Å². The summed E-state index contributed by atoms with van der Waals surface area (Å²) in [6.45, 7) is 0.558. The largest absolute Gasteiger partial charge is 0.323 e. The molecule has 1 aromatic carbocycles. The average Bonchev–Trinajstić information content (AvgIpc) is 2.48. The lowest BCUT2D eigenvalue weighted by Crippen LogP contribution is -2.76. The molecule has 0 N–H and O–H groups in total. The maximum Gasteiger partial charge on any atom is 0.239 e. The van der Waals surface area contributed by atoms with Crippen molar-refractivity contribution in [1.82, 2.24) is 4.90 Å². The number of ketones is 1. The highest BCUT2D eigenvalue weighted by Crippen LogP contribution is 2.47. The van der Waals surface area contributed by atoms with Crippen LogP contribution < -0.4 is 0 Å². The van der Waals surface area contributed by atoms with E-state index in [0.717, 1.165) is 24.8 Å². The summed E-state index contributed by atoms with van der Waals surface area (Å²) in [6, 6.07) is 9.94. The first-order valence-electron chi connectivity index (χ1n) is 7.11. The normalized spacial score (nSPS) is 29.6. The van der Waals surface area contributed by atoms with E-state index in [1.165, 1.54) is 11.8 Å². The van der Waals surface area contributed by atoms with Crippen molar-refractivity contribution in [2.45, 2.75) is 43.0 Å². The number of Topliss-reactive ketones (excluding diaryl/α,β-unsaturated/α-hetero) is 1. The zero-order valence-corrected chi connectivity index (χ0v) is 12.5. The van der Waals surface area contributed by atoms with Crippen LogP contribution in [0.4, 0.5) is 0 Å². The Labute approximate surface area is 123 Å². The van der Waals surface area contributed by atoms with Crippen molar-refractivity contribution in [3.63, 3.8) is 0 Å². The van der Waals surface area contributed by atoms with Gasteiger partial charge >= 0.3 is 0 Å². The number of benzene rings is 1. The minimum Gasteiger partial charge on any atom is -0.323 e. The van der Waals surface area contributed by atoms with E-state index < -0.39 is 5.54 Å². The van der Waals surface area contributed by atoms with Crippen LogP contribution >= 0.6 is 11.8 Å². The van der Waals surface area contributed by atoms with Crippen molar-refractivity contribution in [3.8, 4) is 0 Å². The van der Waals surface area contributed by atoms with Crippen LogP contribution in [-0.2, 0) is 16.1 Å². The molecule has 3 rings (SSSR count). The average molecular weight is 289 g/mol. The molecule has 2 aliphatic rings. The molecular weight excluding hydrogens is 270 g/mol. The van der Waals surface area contributed by atoms with Gasteiger partial charge in [-0.05, 0) is 24.7 Å². The Bertz CT molecular complexity index is 531. The van der Waals surface area contributed by atoms with Gasteiger partial charge in [-0.15, -0.1) is 11.8 Å². The summed E-state index contributed by atoms with van der Waals surface area (Å²) in [7, 11) is 0. The molecule has 1 amide bonds. The van der Waals surface area contributed by atoms with Crippen molar-refractivity contribution < 1.29 is 9.59 Å². The Kier molecular flexibility index (Phi) is 3.59. The van der Waals surface area contributed by atoms with Gasteiger partial charge in [0.15, 0.2) is 5.78 Å². The van der Waals surface area contributed by atoms with Gasteiger partial charge < -0.3 is 4.90 Å². The predicted octanol–water partition coefficient (Wildman–Crippen LogP) is 2.64. The van der Waals surface area contributed by atoms with Gasteiger partial charge in [0, 0.05) is 13.0 Å². The van der Waals surface area contributed by atoms with E-state index in [1.807, 2.05) is 41.5 Å². The second kappa shape index (κ2) is 5.24. The number of carbonyl (C=O) groups is 2. The highest BCUT2D eigenvalue weighted by molar-refractivity contribution is 8.00. The van der Waals surface area contributed by atoms with Crippen LogP contribution in [0.25, 0.3) is 0 Å². The summed E-state index contributed by atoms with van der Waals surface area (Å²) >= 11 is 1.53. The van der Waals surface area contributed by atoms with Gasteiger partial charge in [-0.25, -0.2) is 0 Å². The SMILES string of the molecule is CS[C@H]1C(=O)N(Cc2ccccc2)[C@]12CCCCC2=O. The molecule has 4 heteroatoms. The molecule has 1 saturated heterocycles. The third-order valence-corrected chi connectivity index (χ3v) is 5.58. The molecule has 0 unspecified atom stereocenters. The van der Waals surface area contributed by atoms with E-state index in [-0.39, 0.29) is 16.9 Å². The van der Waals surface area contributed by atoms with Gasteiger partial charge in [0.2, 0.25) is 5.91 Å². The highest BCUT2D eigenvalue weighted by Gasteiger charge is 2.63. The summed E-state index contributed by atoms with van der Waals surface area (Å²) in [5, 5.41) is -0.168. The van der Waals surface area contributed by atoms with E-state index in [0.29, 0.717) is 13.0 Å². The molecule has 1 aromatic rings. The second-order valence-electron chi connectivity index (χ2n) is 5.58. The fourth-order valence-electron chi connectivity index (χ4n) is 3.50. The Morgan fingerprint density at radius 1 is 1.25 bits per heavy atom. The maximum absolute atomic E-state index is 12.5. The topological polar surface area (TPSA) is 37.4 Å². The van der Waals surface area contributed by atoms with Crippen molar-refractivity contribution >= 4 is 23.5 Å². The van der Waals surface area contributed by atoms with Crippen LogP contribution in [0.3, 0.4) is 0 Å². The van der Waals surface area contributed by atoms with E-state index in [1.54, 1.807) is 0 Å². The number of β-lactam (4-membered cyclic amide) rings is 1. The first-order chi connectivity index (χ1) is 9.70. The number of likely N-dealkylation sites (tertiary alicyclic amines) is 1. The molecule has 0 radical (unpaired) electrons. The van der Waals surface area contributed by atoms with Gasteiger partial charge in [0.25, 0.3) is 0 Å². The van der Waals surface area contributed by atoms with Crippen LogP contribution in [0, 0.1) is 0 Å². The number of nitrogens with zero attached hydrogens (tertiary/aromatic N) is 1. The molecule has 0 aromatic heterocycles. The van der Waals surface area contributed by atoms with Crippen molar-refractivity contribution in [3.05, 3.63) is 35.9 Å². The molecule has 1 saturated carbocycles. The van der Waals surface area contributed by atoms with Crippen LogP contribution in [0.5, 0.6) is 0 Å². The monoisotopic (exact) mass is 289 g/mol. The number of hydrogen-bond donors (Lipinski definition) is 0. The minimum absolute atomic E-state index is 0.122. The fraction of sp³-hybridized carbons (Fsp3) is 0.500. The molecule has 2 fully saturated rings.